The molecular formula is C21H25ClN2O3. The zero-order chi connectivity index (χ0) is 19.6. The minimum atomic E-state index is -0.250. The van der Waals surface area contributed by atoms with E-state index in [-0.39, 0.29) is 29.1 Å². The van der Waals surface area contributed by atoms with E-state index in [4.69, 9.17) is 16.3 Å². The van der Waals surface area contributed by atoms with Crippen molar-refractivity contribution in [3.8, 4) is 0 Å². The van der Waals surface area contributed by atoms with Gasteiger partial charge in [-0.05, 0) is 29.7 Å². The second kappa shape index (κ2) is 8.28. The van der Waals surface area contributed by atoms with Crippen molar-refractivity contribution < 1.29 is 9.53 Å². The second-order valence-corrected chi connectivity index (χ2v) is 7.64. The van der Waals surface area contributed by atoms with E-state index in [9.17, 15) is 9.59 Å². The normalized spacial score (nSPS) is 17.4. The van der Waals surface area contributed by atoms with Crippen molar-refractivity contribution in [3.05, 3.63) is 68.6 Å². The third-order valence-corrected chi connectivity index (χ3v) is 5.37. The molecule has 1 amide bonds. The summed E-state index contributed by atoms with van der Waals surface area (Å²) in [5.74, 6) is -0.0198. The Morgan fingerprint density at radius 1 is 1.26 bits per heavy atom. The van der Waals surface area contributed by atoms with Gasteiger partial charge in [-0.15, -0.1) is 0 Å². The fraction of sp³-hybridized carbons (Fsp3) is 0.429. The van der Waals surface area contributed by atoms with Crippen LogP contribution in [0.5, 0.6) is 0 Å². The summed E-state index contributed by atoms with van der Waals surface area (Å²) in [5, 5.41) is 0.697. The molecule has 1 aromatic carbocycles. The summed E-state index contributed by atoms with van der Waals surface area (Å²) in [4.78, 5) is 27.3. The average molecular weight is 389 g/mol. The third-order valence-electron chi connectivity index (χ3n) is 5.00. The molecule has 0 unspecified atom stereocenters. The van der Waals surface area contributed by atoms with Crippen molar-refractivity contribution >= 4 is 17.5 Å². The molecule has 1 fully saturated rings. The first-order valence-electron chi connectivity index (χ1n) is 9.22. The van der Waals surface area contributed by atoms with Gasteiger partial charge in [0.1, 0.15) is 5.56 Å². The Labute approximate surface area is 164 Å². The van der Waals surface area contributed by atoms with Crippen molar-refractivity contribution in [2.45, 2.75) is 32.3 Å². The highest BCUT2D eigenvalue weighted by Gasteiger charge is 2.27. The molecule has 0 radical (unpaired) electrons. The quantitative estimate of drug-likeness (QED) is 0.807. The van der Waals surface area contributed by atoms with Crippen molar-refractivity contribution in [1.29, 1.82) is 0 Å². The molecule has 0 N–H and O–H groups in total. The topological polar surface area (TPSA) is 51.5 Å². The summed E-state index contributed by atoms with van der Waals surface area (Å²) >= 11 is 6.24. The van der Waals surface area contributed by atoms with E-state index >= 15 is 0 Å². The summed E-state index contributed by atoms with van der Waals surface area (Å²) in [6.07, 6.45) is 0.495. The van der Waals surface area contributed by atoms with E-state index < -0.39 is 0 Å². The van der Waals surface area contributed by atoms with Crippen molar-refractivity contribution in [3.63, 3.8) is 0 Å². The molecule has 0 bridgehead atoms. The molecule has 1 aromatic heterocycles. The minimum absolute atomic E-state index is 0.138. The molecule has 0 saturated carbocycles. The van der Waals surface area contributed by atoms with Crippen LogP contribution in [-0.2, 0) is 18.2 Å². The number of aromatic nitrogens is 1. The van der Waals surface area contributed by atoms with Crippen molar-refractivity contribution in [2.24, 2.45) is 7.05 Å². The first kappa shape index (κ1) is 19.6. The van der Waals surface area contributed by atoms with E-state index in [2.05, 4.69) is 0 Å². The number of hydrogen-bond acceptors (Lipinski definition) is 3. The lowest BCUT2D eigenvalue weighted by Gasteiger charge is -2.33. The van der Waals surface area contributed by atoms with Crippen LogP contribution in [0.15, 0.2) is 41.2 Å². The van der Waals surface area contributed by atoms with Gasteiger partial charge in [0.25, 0.3) is 11.5 Å². The number of halogens is 1. The first-order valence-corrected chi connectivity index (χ1v) is 9.60. The second-order valence-electron chi connectivity index (χ2n) is 7.23. The number of rotatable bonds is 4. The van der Waals surface area contributed by atoms with Gasteiger partial charge in [-0.2, -0.15) is 0 Å². The maximum atomic E-state index is 12.9. The molecule has 2 aromatic rings. The van der Waals surface area contributed by atoms with Crippen molar-refractivity contribution in [2.75, 3.05) is 19.7 Å². The number of amides is 1. The molecule has 1 atom stereocenters. The summed E-state index contributed by atoms with van der Waals surface area (Å²) in [7, 11) is 1.72. The molecular weight excluding hydrogens is 364 g/mol. The number of ether oxygens (including phenoxy) is 1. The zero-order valence-corrected chi connectivity index (χ0v) is 16.7. The number of morpholine rings is 1. The molecule has 0 spiro atoms. The highest BCUT2D eigenvalue weighted by molar-refractivity contribution is 6.31. The van der Waals surface area contributed by atoms with Crippen LogP contribution < -0.4 is 5.56 Å². The van der Waals surface area contributed by atoms with Crippen LogP contribution in [0.25, 0.3) is 0 Å². The van der Waals surface area contributed by atoms with E-state index in [1.165, 1.54) is 0 Å². The largest absolute Gasteiger partial charge is 0.374 e. The zero-order valence-electron chi connectivity index (χ0n) is 15.9. The van der Waals surface area contributed by atoms with Gasteiger partial charge < -0.3 is 14.2 Å². The summed E-state index contributed by atoms with van der Waals surface area (Å²) in [6, 6.07) is 11.2. The van der Waals surface area contributed by atoms with Crippen LogP contribution in [-0.4, -0.2) is 41.2 Å². The molecule has 1 saturated heterocycles. The number of pyridine rings is 1. The van der Waals surface area contributed by atoms with Crippen LogP contribution in [0.2, 0.25) is 5.02 Å². The monoisotopic (exact) mass is 388 g/mol. The maximum Gasteiger partial charge on any atom is 0.263 e. The Bertz CT molecular complexity index is 891. The Kier molecular flexibility index (Phi) is 6.02. The number of carbonyl (C=O) groups excluding carboxylic acids is 1. The highest BCUT2D eigenvalue weighted by atomic mass is 35.5. The SMILES string of the molecule is CC(C)c1ccc(C(=O)N2CCO[C@@H](Cc3ccccc3Cl)C2)c(=O)n1C. The summed E-state index contributed by atoms with van der Waals surface area (Å²) < 4.78 is 7.39. The number of nitrogens with zero attached hydrogens (tertiary/aromatic N) is 2. The Balaban J connectivity index is 1.76. The predicted octanol–water partition coefficient (Wildman–Crippen LogP) is 3.25. The lowest BCUT2D eigenvalue weighted by Crippen LogP contribution is -2.48. The Morgan fingerprint density at radius 3 is 2.70 bits per heavy atom. The molecule has 27 heavy (non-hydrogen) atoms. The molecule has 144 valence electrons. The molecule has 1 aliphatic heterocycles. The fourth-order valence-electron chi connectivity index (χ4n) is 3.50. The molecule has 5 nitrogen and oxygen atoms in total. The Morgan fingerprint density at radius 2 is 2.00 bits per heavy atom. The molecule has 2 heterocycles. The molecule has 3 rings (SSSR count). The van der Waals surface area contributed by atoms with Crippen LogP contribution >= 0.6 is 11.6 Å². The molecule has 0 aliphatic carbocycles. The highest BCUT2D eigenvalue weighted by Crippen LogP contribution is 2.20. The predicted molar refractivity (Wildman–Crippen MR) is 107 cm³/mol. The van der Waals surface area contributed by atoms with Crippen molar-refractivity contribution in [1.82, 2.24) is 9.47 Å². The van der Waals surface area contributed by atoms with Crippen LogP contribution in [0.1, 0.15) is 41.4 Å². The summed E-state index contributed by atoms with van der Waals surface area (Å²) in [6.45, 7) is 5.42. The van der Waals surface area contributed by atoms with Gasteiger partial charge in [0.15, 0.2) is 0 Å². The van der Waals surface area contributed by atoms with Crippen LogP contribution in [0.4, 0.5) is 0 Å². The van der Waals surface area contributed by atoms with Gasteiger partial charge >= 0.3 is 0 Å². The van der Waals surface area contributed by atoms with E-state index in [0.29, 0.717) is 31.1 Å². The lowest BCUT2D eigenvalue weighted by atomic mass is 10.1. The number of carbonyl (C=O) groups is 1. The van der Waals surface area contributed by atoms with Crippen LogP contribution in [0, 0.1) is 0 Å². The smallest absolute Gasteiger partial charge is 0.263 e. The third kappa shape index (κ3) is 4.25. The number of benzene rings is 1. The Hall–Kier alpha value is -2.11. The minimum Gasteiger partial charge on any atom is -0.374 e. The standard InChI is InChI=1S/C21H25ClN2O3/c1-14(2)19-9-8-17(20(25)23(19)3)21(26)24-10-11-27-16(13-24)12-15-6-4-5-7-18(15)22/h4-9,14,16H,10-13H2,1-3H3/t16-/m0/s1. The van der Waals surface area contributed by atoms with E-state index in [1.807, 2.05) is 44.2 Å². The number of hydrogen-bond donors (Lipinski definition) is 0. The van der Waals surface area contributed by atoms with Gasteiger partial charge in [0.2, 0.25) is 0 Å². The van der Waals surface area contributed by atoms with Crippen LogP contribution in [0.3, 0.4) is 0 Å². The first-order chi connectivity index (χ1) is 12.9. The fourth-order valence-corrected chi connectivity index (χ4v) is 3.71. The average Bonchev–Trinajstić information content (AvgIpc) is 2.65. The van der Waals surface area contributed by atoms with Gasteiger partial charge in [-0.25, -0.2) is 0 Å². The summed E-state index contributed by atoms with van der Waals surface area (Å²) in [5.41, 5.74) is 1.87. The van der Waals surface area contributed by atoms with E-state index in [1.54, 1.807) is 22.6 Å². The van der Waals surface area contributed by atoms with Gasteiger partial charge in [-0.1, -0.05) is 43.6 Å². The van der Waals surface area contributed by atoms with E-state index in [0.717, 1.165) is 11.3 Å². The maximum absolute atomic E-state index is 12.9. The van der Waals surface area contributed by atoms with Gasteiger partial charge in [-0.3, -0.25) is 9.59 Å². The molecule has 6 heteroatoms. The van der Waals surface area contributed by atoms with Gasteiger partial charge in [0.05, 0.1) is 12.7 Å². The lowest BCUT2D eigenvalue weighted by molar-refractivity contribution is -0.0208. The molecule has 1 aliphatic rings. The van der Waals surface area contributed by atoms with Gasteiger partial charge in [0, 0.05) is 37.3 Å².